The van der Waals surface area contributed by atoms with Gasteiger partial charge in [0.15, 0.2) is 0 Å². The molecule has 3 rings (SSSR count). The molecule has 0 N–H and O–H groups in total. The van der Waals surface area contributed by atoms with Crippen LogP contribution in [0.2, 0.25) is 0 Å². The molecule has 2 aliphatic carbocycles. The third-order valence-electron chi connectivity index (χ3n) is 7.02. The molecule has 0 amide bonds. The second-order valence-corrected chi connectivity index (χ2v) is 8.25. The van der Waals surface area contributed by atoms with Crippen molar-refractivity contribution in [2.75, 3.05) is 19.6 Å². The van der Waals surface area contributed by atoms with E-state index < -0.39 is 6.43 Å². The second kappa shape index (κ2) is 6.14. The van der Waals surface area contributed by atoms with Gasteiger partial charge in [-0.1, -0.05) is 26.7 Å². The smallest absolute Gasteiger partial charge is 0.242 e. The Kier molecular flexibility index (Phi) is 4.59. The van der Waals surface area contributed by atoms with Crippen LogP contribution in [0.25, 0.3) is 0 Å². The molecule has 0 spiro atoms. The van der Waals surface area contributed by atoms with Crippen LogP contribution in [0.4, 0.5) is 8.78 Å². The number of halogens is 2. The fourth-order valence-corrected chi connectivity index (χ4v) is 5.81. The van der Waals surface area contributed by atoms with Gasteiger partial charge in [0.1, 0.15) is 0 Å². The number of alkyl halides is 2. The first-order valence-corrected chi connectivity index (χ1v) is 9.01. The van der Waals surface area contributed by atoms with Gasteiger partial charge in [0, 0.05) is 19.0 Å². The van der Waals surface area contributed by atoms with Crippen molar-refractivity contribution >= 4 is 0 Å². The zero-order chi connectivity index (χ0) is 15.0. The summed E-state index contributed by atoms with van der Waals surface area (Å²) < 4.78 is 25.6. The van der Waals surface area contributed by atoms with Crippen molar-refractivity contribution in [1.82, 2.24) is 4.90 Å². The molecule has 0 unspecified atom stereocenters. The summed E-state index contributed by atoms with van der Waals surface area (Å²) in [5.41, 5.74) is 0.541. The maximum absolute atomic E-state index is 12.8. The predicted octanol–water partition coefficient (Wildman–Crippen LogP) is 4.82. The van der Waals surface area contributed by atoms with Gasteiger partial charge >= 0.3 is 0 Å². The fourth-order valence-electron chi connectivity index (χ4n) is 5.81. The summed E-state index contributed by atoms with van der Waals surface area (Å²) in [4.78, 5) is 2.31. The van der Waals surface area contributed by atoms with Crippen molar-refractivity contribution in [3.63, 3.8) is 0 Å². The lowest BCUT2D eigenvalue weighted by Crippen LogP contribution is -2.39. The van der Waals surface area contributed by atoms with Crippen LogP contribution in [0.15, 0.2) is 0 Å². The number of rotatable bonds is 4. The van der Waals surface area contributed by atoms with Crippen LogP contribution in [-0.2, 0) is 0 Å². The van der Waals surface area contributed by atoms with Gasteiger partial charge in [-0.3, -0.25) is 0 Å². The van der Waals surface area contributed by atoms with Crippen molar-refractivity contribution in [3.8, 4) is 0 Å². The van der Waals surface area contributed by atoms with E-state index in [-0.39, 0.29) is 5.92 Å². The molecule has 21 heavy (non-hydrogen) atoms. The Balaban J connectivity index is 1.57. The highest BCUT2D eigenvalue weighted by atomic mass is 19.3. The minimum atomic E-state index is -2.13. The monoisotopic (exact) mass is 299 g/mol. The van der Waals surface area contributed by atoms with E-state index in [9.17, 15) is 8.78 Å². The van der Waals surface area contributed by atoms with E-state index in [1.807, 2.05) is 0 Å². The molecule has 0 aromatic rings. The summed E-state index contributed by atoms with van der Waals surface area (Å²) in [5, 5.41) is 0. The summed E-state index contributed by atoms with van der Waals surface area (Å²) in [5.74, 6) is 2.04. The molecule has 3 aliphatic rings. The predicted molar refractivity (Wildman–Crippen MR) is 82.5 cm³/mol. The molecule has 2 saturated carbocycles. The second-order valence-electron chi connectivity index (χ2n) is 8.25. The highest BCUT2D eigenvalue weighted by Gasteiger charge is 2.49. The number of likely N-dealkylation sites (tertiary alicyclic amines) is 1. The average Bonchev–Trinajstić information content (AvgIpc) is 3.02. The Morgan fingerprint density at radius 1 is 1.14 bits per heavy atom. The van der Waals surface area contributed by atoms with Gasteiger partial charge in [-0.2, -0.15) is 0 Å². The third-order valence-corrected chi connectivity index (χ3v) is 7.02. The highest BCUT2D eigenvalue weighted by molar-refractivity contribution is 4.99. The molecule has 5 atom stereocenters. The van der Waals surface area contributed by atoms with Crippen LogP contribution in [0.1, 0.15) is 58.8 Å². The zero-order valence-corrected chi connectivity index (χ0v) is 13.7. The minimum Gasteiger partial charge on any atom is -0.303 e. The molecule has 0 aromatic carbocycles. The Hall–Kier alpha value is -0.180. The lowest BCUT2D eigenvalue weighted by molar-refractivity contribution is 0.0532. The van der Waals surface area contributed by atoms with Crippen LogP contribution in [0.5, 0.6) is 0 Å². The molecular weight excluding hydrogens is 268 g/mol. The van der Waals surface area contributed by atoms with E-state index in [0.29, 0.717) is 24.3 Å². The number of nitrogens with zero attached hydrogens (tertiary/aromatic N) is 1. The van der Waals surface area contributed by atoms with E-state index in [1.165, 1.54) is 38.5 Å². The quantitative estimate of drug-likeness (QED) is 0.719. The van der Waals surface area contributed by atoms with Gasteiger partial charge in [0.2, 0.25) is 6.43 Å². The largest absolute Gasteiger partial charge is 0.303 e. The molecule has 0 radical (unpaired) electrons. The first kappa shape index (κ1) is 15.7. The molecule has 1 aliphatic heterocycles. The Morgan fingerprint density at radius 3 is 2.67 bits per heavy atom. The van der Waals surface area contributed by atoms with E-state index in [0.717, 1.165) is 24.9 Å². The summed E-state index contributed by atoms with van der Waals surface area (Å²) >= 11 is 0. The number of hydrogen-bond acceptors (Lipinski definition) is 1. The number of hydrogen-bond donors (Lipinski definition) is 0. The van der Waals surface area contributed by atoms with Gasteiger partial charge < -0.3 is 4.90 Å². The molecule has 1 saturated heterocycles. The molecule has 0 aromatic heterocycles. The molecule has 1 nitrogen and oxygen atoms in total. The van der Waals surface area contributed by atoms with E-state index in [1.54, 1.807) is 0 Å². The van der Waals surface area contributed by atoms with Crippen molar-refractivity contribution in [2.45, 2.75) is 65.2 Å². The standard InChI is InChI=1S/C18H31F2N/c1-13(11-21-10-8-14(12-21)17(19)20)16-7-6-15-5-3-4-9-18(15,16)2/h13-17H,3-12H2,1-2H3/t13-,14-,15+,16-,18-/m1/s1. The van der Waals surface area contributed by atoms with Crippen LogP contribution in [0, 0.1) is 29.1 Å². The van der Waals surface area contributed by atoms with Gasteiger partial charge in [0.25, 0.3) is 0 Å². The van der Waals surface area contributed by atoms with Crippen molar-refractivity contribution < 1.29 is 8.78 Å². The maximum Gasteiger partial charge on any atom is 0.242 e. The zero-order valence-electron chi connectivity index (χ0n) is 13.7. The molecule has 1 heterocycles. The van der Waals surface area contributed by atoms with Gasteiger partial charge in [-0.25, -0.2) is 8.78 Å². The Morgan fingerprint density at radius 2 is 1.95 bits per heavy atom. The summed E-state index contributed by atoms with van der Waals surface area (Å²) in [7, 11) is 0. The van der Waals surface area contributed by atoms with Gasteiger partial charge in [-0.15, -0.1) is 0 Å². The Bertz CT molecular complexity index is 359. The molecule has 122 valence electrons. The number of fused-ring (bicyclic) bond motifs is 1. The molecular formula is C18H31F2N. The molecule has 3 heteroatoms. The van der Waals surface area contributed by atoms with Crippen LogP contribution >= 0.6 is 0 Å². The average molecular weight is 299 g/mol. The first-order valence-electron chi connectivity index (χ1n) is 9.01. The lowest BCUT2D eigenvalue weighted by Gasteiger charge is -2.43. The fraction of sp³-hybridized carbons (Fsp3) is 1.00. The van der Waals surface area contributed by atoms with Crippen molar-refractivity contribution in [3.05, 3.63) is 0 Å². The Labute approximate surface area is 128 Å². The van der Waals surface area contributed by atoms with E-state index in [4.69, 9.17) is 0 Å². The van der Waals surface area contributed by atoms with Crippen molar-refractivity contribution in [2.24, 2.45) is 29.1 Å². The lowest BCUT2D eigenvalue weighted by atomic mass is 9.63. The third kappa shape index (κ3) is 3.00. The van der Waals surface area contributed by atoms with Crippen molar-refractivity contribution in [1.29, 1.82) is 0 Å². The highest BCUT2D eigenvalue weighted by Crippen LogP contribution is 2.57. The minimum absolute atomic E-state index is 0.376. The maximum atomic E-state index is 12.8. The van der Waals surface area contributed by atoms with Crippen LogP contribution in [-0.4, -0.2) is 31.0 Å². The molecule has 0 bridgehead atoms. The normalized spacial score (nSPS) is 42.4. The van der Waals surface area contributed by atoms with Crippen LogP contribution in [0.3, 0.4) is 0 Å². The van der Waals surface area contributed by atoms with E-state index in [2.05, 4.69) is 18.7 Å². The summed E-state index contributed by atoms with van der Waals surface area (Å²) in [6.45, 7) is 7.44. The first-order chi connectivity index (χ1) is 10.0. The SMILES string of the molecule is C[C@H](CN1CC[C@@H](C(F)F)C1)[C@H]1CC[C@@H]2CCCC[C@]21C. The van der Waals surface area contributed by atoms with Crippen LogP contribution < -0.4 is 0 Å². The van der Waals surface area contributed by atoms with Gasteiger partial charge in [-0.05, 0) is 61.8 Å². The van der Waals surface area contributed by atoms with E-state index >= 15 is 0 Å². The summed E-state index contributed by atoms with van der Waals surface area (Å²) in [6.07, 6.45) is 6.98. The topological polar surface area (TPSA) is 3.24 Å². The van der Waals surface area contributed by atoms with Gasteiger partial charge in [0.05, 0.1) is 0 Å². The summed E-state index contributed by atoms with van der Waals surface area (Å²) in [6, 6.07) is 0. The molecule has 3 fully saturated rings.